The number of amides is 1. The second-order valence-corrected chi connectivity index (χ2v) is 7.63. The van der Waals surface area contributed by atoms with Crippen LogP contribution in [0, 0.1) is 10.1 Å². The fraction of sp³-hybridized carbons (Fsp3) is 0.348. The summed E-state index contributed by atoms with van der Waals surface area (Å²) in [5.74, 6) is -0.121. The maximum absolute atomic E-state index is 13.0. The van der Waals surface area contributed by atoms with Crippen LogP contribution in [0.4, 0.5) is 5.69 Å². The number of hydrogen-bond acceptors (Lipinski definition) is 3. The van der Waals surface area contributed by atoms with E-state index in [1.807, 2.05) is 23.2 Å². The summed E-state index contributed by atoms with van der Waals surface area (Å²) in [6, 6.07) is 12.9. The van der Waals surface area contributed by atoms with Crippen LogP contribution in [-0.2, 0) is 11.2 Å². The number of likely N-dealkylation sites (tertiary alicyclic amines) is 1. The van der Waals surface area contributed by atoms with Crippen molar-refractivity contribution in [2.24, 2.45) is 0 Å². The minimum Gasteiger partial charge on any atom is -0.361 e. The van der Waals surface area contributed by atoms with Crippen LogP contribution in [0.15, 0.2) is 48.7 Å². The molecule has 0 bridgehead atoms. The molecule has 1 aromatic heterocycles. The number of H-pyrrole nitrogens is 1. The second kappa shape index (κ2) is 8.07. The first-order valence-electron chi connectivity index (χ1n) is 10.2. The van der Waals surface area contributed by atoms with Crippen LogP contribution in [0.3, 0.4) is 0 Å². The van der Waals surface area contributed by atoms with Gasteiger partial charge in [-0.1, -0.05) is 37.3 Å². The van der Waals surface area contributed by atoms with E-state index < -0.39 is 0 Å². The Bertz CT molecular complexity index is 1050. The third-order valence-electron chi connectivity index (χ3n) is 5.91. The number of aromatic amines is 1. The number of nitrogens with zero attached hydrogens (tertiary/aromatic N) is 2. The summed E-state index contributed by atoms with van der Waals surface area (Å²) in [4.78, 5) is 29.2. The van der Waals surface area contributed by atoms with Gasteiger partial charge in [-0.25, -0.2) is 0 Å². The lowest BCUT2D eigenvalue weighted by atomic mass is 9.87. The molecule has 1 saturated heterocycles. The molecule has 1 aliphatic heterocycles. The van der Waals surface area contributed by atoms with Crippen molar-refractivity contribution in [2.75, 3.05) is 13.1 Å². The third-order valence-corrected chi connectivity index (χ3v) is 5.91. The van der Waals surface area contributed by atoms with Gasteiger partial charge in [0.05, 0.1) is 4.92 Å². The van der Waals surface area contributed by atoms with E-state index in [0.717, 1.165) is 54.4 Å². The van der Waals surface area contributed by atoms with Crippen molar-refractivity contribution < 1.29 is 9.72 Å². The number of benzene rings is 2. The molecule has 1 amide bonds. The first kappa shape index (κ1) is 19.2. The fourth-order valence-corrected chi connectivity index (χ4v) is 4.35. The van der Waals surface area contributed by atoms with E-state index >= 15 is 0 Å². The highest BCUT2D eigenvalue weighted by Crippen LogP contribution is 2.36. The zero-order valence-electron chi connectivity index (χ0n) is 16.6. The van der Waals surface area contributed by atoms with Crippen molar-refractivity contribution in [3.63, 3.8) is 0 Å². The van der Waals surface area contributed by atoms with Gasteiger partial charge in [-0.2, -0.15) is 0 Å². The minimum absolute atomic E-state index is 0.0511. The van der Waals surface area contributed by atoms with Gasteiger partial charge in [-0.05, 0) is 36.0 Å². The highest BCUT2D eigenvalue weighted by Gasteiger charge is 2.27. The summed E-state index contributed by atoms with van der Waals surface area (Å²) in [6.45, 7) is 3.72. The average molecular weight is 391 g/mol. The Kier molecular flexibility index (Phi) is 5.34. The van der Waals surface area contributed by atoms with Gasteiger partial charge in [-0.3, -0.25) is 14.9 Å². The van der Waals surface area contributed by atoms with E-state index in [0.29, 0.717) is 6.42 Å². The van der Waals surface area contributed by atoms with Gasteiger partial charge < -0.3 is 9.88 Å². The molecular formula is C23H25N3O3. The molecule has 0 saturated carbocycles. The second-order valence-electron chi connectivity index (χ2n) is 7.63. The summed E-state index contributed by atoms with van der Waals surface area (Å²) >= 11 is 0. The number of aryl methyl sites for hydroxylation is 1. The van der Waals surface area contributed by atoms with E-state index in [9.17, 15) is 14.9 Å². The molecule has 1 fully saturated rings. The molecule has 1 unspecified atom stereocenters. The van der Waals surface area contributed by atoms with Crippen LogP contribution in [0.5, 0.6) is 0 Å². The van der Waals surface area contributed by atoms with Crippen LogP contribution in [0.25, 0.3) is 10.9 Å². The smallest absolute Gasteiger partial charge is 0.269 e. The van der Waals surface area contributed by atoms with Crippen molar-refractivity contribution in [2.45, 2.75) is 38.5 Å². The number of para-hydroxylation sites is 1. The van der Waals surface area contributed by atoms with Gasteiger partial charge in [0.15, 0.2) is 0 Å². The molecule has 2 heterocycles. The maximum Gasteiger partial charge on any atom is 0.269 e. The molecule has 2 aromatic carbocycles. The standard InChI is InChI=1S/C23H25N3O3/c1-2-16-7-6-10-19-21(15-24-23(16)19)20(14-22(27)25-11-3-4-12-25)17-8-5-9-18(13-17)26(28)29/h5-10,13,15,20,24H,2-4,11-12,14H2,1H3. The Morgan fingerprint density at radius 2 is 1.97 bits per heavy atom. The fourth-order valence-electron chi connectivity index (χ4n) is 4.35. The van der Waals surface area contributed by atoms with E-state index in [-0.39, 0.29) is 22.4 Å². The third kappa shape index (κ3) is 3.75. The number of fused-ring (bicyclic) bond motifs is 1. The van der Waals surface area contributed by atoms with Gasteiger partial charge in [0.1, 0.15) is 0 Å². The van der Waals surface area contributed by atoms with Crippen molar-refractivity contribution in [1.82, 2.24) is 9.88 Å². The molecule has 6 heteroatoms. The van der Waals surface area contributed by atoms with Gasteiger partial charge >= 0.3 is 0 Å². The zero-order chi connectivity index (χ0) is 20.4. The highest BCUT2D eigenvalue weighted by molar-refractivity contribution is 5.88. The minimum atomic E-state index is -0.382. The summed E-state index contributed by atoms with van der Waals surface area (Å²) in [7, 11) is 0. The number of nitro groups is 1. The number of nitrogens with one attached hydrogen (secondary N) is 1. The number of rotatable bonds is 6. The quantitative estimate of drug-likeness (QED) is 0.485. The van der Waals surface area contributed by atoms with Crippen molar-refractivity contribution in [1.29, 1.82) is 0 Å². The Balaban J connectivity index is 1.79. The maximum atomic E-state index is 13.0. The topological polar surface area (TPSA) is 79.2 Å². The lowest BCUT2D eigenvalue weighted by Gasteiger charge is -2.21. The Morgan fingerprint density at radius 3 is 2.69 bits per heavy atom. The molecule has 29 heavy (non-hydrogen) atoms. The van der Waals surface area contributed by atoms with Crippen LogP contribution in [-0.4, -0.2) is 33.8 Å². The Morgan fingerprint density at radius 1 is 1.21 bits per heavy atom. The van der Waals surface area contributed by atoms with Gasteiger partial charge in [0, 0.05) is 54.7 Å². The molecule has 0 radical (unpaired) electrons. The van der Waals surface area contributed by atoms with Gasteiger partial charge in [-0.15, -0.1) is 0 Å². The molecular weight excluding hydrogens is 366 g/mol. The van der Waals surface area contributed by atoms with E-state index in [2.05, 4.69) is 24.0 Å². The lowest BCUT2D eigenvalue weighted by Crippen LogP contribution is -2.29. The molecule has 0 spiro atoms. The summed E-state index contributed by atoms with van der Waals surface area (Å²) in [5.41, 5.74) is 4.17. The molecule has 1 atom stereocenters. The summed E-state index contributed by atoms with van der Waals surface area (Å²) in [6.07, 6.45) is 5.26. The first-order chi connectivity index (χ1) is 14.1. The molecule has 150 valence electrons. The lowest BCUT2D eigenvalue weighted by molar-refractivity contribution is -0.384. The first-order valence-corrected chi connectivity index (χ1v) is 10.2. The Hall–Kier alpha value is -3.15. The number of hydrogen-bond donors (Lipinski definition) is 1. The number of carbonyl (C=O) groups excluding carboxylic acids is 1. The van der Waals surface area contributed by atoms with Crippen LogP contribution < -0.4 is 0 Å². The molecule has 6 nitrogen and oxygen atoms in total. The SMILES string of the molecule is CCc1cccc2c(C(CC(=O)N3CCCC3)c3cccc([N+](=O)[O-])c3)c[nH]c12. The average Bonchev–Trinajstić information content (AvgIpc) is 3.42. The van der Waals surface area contributed by atoms with Gasteiger partial charge in [0.2, 0.25) is 5.91 Å². The van der Waals surface area contributed by atoms with Crippen LogP contribution >= 0.6 is 0 Å². The molecule has 1 aliphatic rings. The molecule has 0 aliphatic carbocycles. The van der Waals surface area contributed by atoms with Crippen molar-refractivity contribution in [3.8, 4) is 0 Å². The zero-order valence-corrected chi connectivity index (χ0v) is 16.6. The predicted molar refractivity (Wildman–Crippen MR) is 113 cm³/mol. The Labute approximate surface area is 169 Å². The predicted octanol–water partition coefficient (Wildman–Crippen LogP) is 4.78. The van der Waals surface area contributed by atoms with E-state index in [1.165, 1.54) is 11.6 Å². The number of nitro benzene ring substituents is 1. The summed E-state index contributed by atoms with van der Waals surface area (Å²) in [5, 5.41) is 12.4. The van der Waals surface area contributed by atoms with Crippen LogP contribution in [0.1, 0.15) is 48.8 Å². The molecule has 4 rings (SSSR count). The summed E-state index contributed by atoms with van der Waals surface area (Å²) < 4.78 is 0. The number of carbonyl (C=O) groups is 1. The number of non-ortho nitro benzene ring substituents is 1. The van der Waals surface area contributed by atoms with E-state index in [4.69, 9.17) is 0 Å². The molecule has 1 N–H and O–H groups in total. The van der Waals surface area contributed by atoms with Crippen LogP contribution in [0.2, 0.25) is 0 Å². The normalized spacial score (nSPS) is 15.0. The van der Waals surface area contributed by atoms with Crippen molar-refractivity contribution in [3.05, 3.63) is 75.5 Å². The highest BCUT2D eigenvalue weighted by atomic mass is 16.6. The largest absolute Gasteiger partial charge is 0.361 e. The van der Waals surface area contributed by atoms with Gasteiger partial charge in [0.25, 0.3) is 5.69 Å². The van der Waals surface area contributed by atoms with Crippen molar-refractivity contribution >= 4 is 22.5 Å². The van der Waals surface area contributed by atoms with E-state index in [1.54, 1.807) is 12.1 Å². The molecule has 3 aromatic rings. The monoisotopic (exact) mass is 391 g/mol. The number of aromatic nitrogens is 1.